The van der Waals surface area contributed by atoms with E-state index in [1.54, 1.807) is 19.0 Å². The van der Waals surface area contributed by atoms with E-state index in [0.717, 1.165) is 26.1 Å². The van der Waals surface area contributed by atoms with Crippen LogP contribution in [0.3, 0.4) is 0 Å². The van der Waals surface area contributed by atoms with Crippen LogP contribution in [0.15, 0.2) is 0 Å². The molecule has 1 saturated heterocycles. The van der Waals surface area contributed by atoms with Gasteiger partial charge in [0.05, 0.1) is 6.61 Å². The Hall–Kier alpha value is -1.21. The van der Waals surface area contributed by atoms with Gasteiger partial charge >= 0.3 is 0 Å². The fourth-order valence-electron chi connectivity index (χ4n) is 2.00. The van der Waals surface area contributed by atoms with Crippen LogP contribution >= 0.6 is 11.3 Å². The van der Waals surface area contributed by atoms with Crippen LogP contribution in [0.1, 0.15) is 22.6 Å². The van der Waals surface area contributed by atoms with Gasteiger partial charge in [0.2, 0.25) is 10.1 Å². The number of nitrogens with zero attached hydrogens (tertiary/aromatic N) is 3. The average molecular weight is 270 g/mol. The molecule has 0 aliphatic carbocycles. The normalized spacial score (nSPS) is 19.6. The molecule has 0 bridgehead atoms. The van der Waals surface area contributed by atoms with Crippen LogP contribution in [0.25, 0.3) is 0 Å². The zero-order valence-electron chi connectivity index (χ0n) is 10.7. The predicted octanol–water partition coefficient (Wildman–Crippen LogP) is 1.08. The van der Waals surface area contributed by atoms with Gasteiger partial charge in [-0.2, -0.15) is 0 Å². The Morgan fingerprint density at radius 1 is 1.61 bits per heavy atom. The molecule has 7 heteroatoms. The Morgan fingerprint density at radius 3 is 3.06 bits per heavy atom. The van der Waals surface area contributed by atoms with Gasteiger partial charge < -0.3 is 15.0 Å². The summed E-state index contributed by atoms with van der Waals surface area (Å²) >= 11 is 1.28. The molecule has 2 rings (SSSR count). The van der Waals surface area contributed by atoms with Crippen molar-refractivity contribution in [3.63, 3.8) is 0 Å². The summed E-state index contributed by atoms with van der Waals surface area (Å²) in [7, 11) is 3.56. The van der Waals surface area contributed by atoms with Crippen molar-refractivity contribution >= 4 is 22.4 Å². The molecule has 18 heavy (non-hydrogen) atoms. The summed E-state index contributed by atoms with van der Waals surface area (Å²) in [6, 6.07) is 0. The predicted molar refractivity (Wildman–Crippen MR) is 70.0 cm³/mol. The number of hydrogen-bond acceptors (Lipinski definition) is 6. The zero-order valence-corrected chi connectivity index (χ0v) is 11.5. The first kappa shape index (κ1) is 13.2. The van der Waals surface area contributed by atoms with Crippen LogP contribution in [-0.4, -0.2) is 54.9 Å². The van der Waals surface area contributed by atoms with E-state index in [-0.39, 0.29) is 5.91 Å². The summed E-state index contributed by atoms with van der Waals surface area (Å²) < 4.78 is 5.42. The summed E-state index contributed by atoms with van der Waals surface area (Å²) in [5.74, 6) is 0.365. The molecule has 1 atom stereocenters. The van der Waals surface area contributed by atoms with Gasteiger partial charge in [0, 0.05) is 27.2 Å². The number of rotatable bonds is 4. The zero-order chi connectivity index (χ0) is 13.0. The lowest BCUT2D eigenvalue weighted by molar-refractivity contribution is 0.0388. The van der Waals surface area contributed by atoms with Gasteiger partial charge in [-0.1, -0.05) is 11.3 Å². The number of hydrogen-bond donors (Lipinski definition) is 1. The lowest BCUT2D eigenvalue weighted by Crippen LogP contribution is -2.35. The number of aromatic nitrogens is 2. The molecular weight excluding hydrogens is 252 g/mol. The number of anilines is 1. The summed E-state index contributed by atoms with van der Waals surface area (Å²) in [5.41, 5.74) is 0. The van der Waals surface area contributed by atoms with E-state index in [9.17, 15) is 4.79 Å². The van der Waals surface area contributed by atoms with Gasteiger partial charge in [0.15, 0.2) is 0 Å². The molecule has 1 aromatic heterocycles. The fourth-order valence-corrected chi connectivity index (χ4v) is 2.69. The summed E-state index contributed by atoms with van der Waals surface area (Å²) in [6.07, 6.45) is 2.20. The largest absolute Gasteiger partial charge is 0.381 e. The minimum atomic E-state index is -0.0698. The van der Waals surface area contributed by atoms with Gasteiger partial charge in [-0.05, 0) is 18.8 Å². The van der Waals surface area contributed by atoms with Crippen LogP contribution in [0.5, 0.6) is 0 Å². The third kappa shape index (κ3) is 3.17. The Balaban J connectivity index is 1.91. The number of ether oxygens (including phenoxy) is 1. The van der Waals surface area contributed by atoms with E-state index in [0.29, 0.717) is 22.6 Å². The van der Waals surface area contributed by atoms with Crippen LogP contribution in [0.4, 0.5) is 5.13 Å². The molecule has 1 unspecified atom stereocenters. The van der Waals surface area contributed by atoms with Crippen molar-refractivity contribution in [1.82, 2.24) is 15.1 Å². The van der Waals surface area contributed by atoms with Crippen molar-refractivity contribution in [3.05, 3.63) is 5.01 Å². The number of nitrogens with one attached hydrogen (secondary N) is 1. The van der Waals surface area contributed by atoms with Crippen LogP contribution in [0, 0.1) is 5.92 Å². The van der Waals surface area contributed by atoms with Gasteiger partial charge in [-0.25, -0.2) is 0 Å². The van der Waals surface area contributed by atoms with Crippen molar-refractivity contribution in [3.8, 4) is 0 Å². The number of carbonyl (C=O) groups excluding carboxylic acids is 1. The summed E-state index contributed by atoms with van der Waals surface area (Å²) in [6.45, 7) is 2.30. The summed E-state index contributed by atoms with van der Waals surface area (Å²) in [5, 5.41) is 11.7. The highest BCUT2D eigenvalue weighted by atomic mass is 32.1. The van der Waals surface area contributed by atoms with Gasteiger partial charge in [-0.3, -0.25) is 4.79 Å². The molecule has 1 aliphatic heterocycles. The third-order valence-electron chi connectivity index (χ3n) is 2.96. The number of carbonyl (C=O) groups is 1. The standard InChI is InChI=1S/C11H18N4O2S/c1-12-11-14-13-9(18-11)10(16)15(2)6-8-4-3-5-17-7-8/h8H,3-7H2,1-2H3,(H,12,14). The van der Waals surface area contributed by atoms with Gasteiger partial charge in [-0.15, -0.1) is 10.2 Å². The quantitative estimate of drug-likeness (QED) is 0.886. The van der Waals surface area contributed by atoms with E-state index in [4.69, 9.17) is 4.74 Å². The molecule has 0 saturated carbocycles. The second-order valence-electron chi connectivity index (χ2n) is 4.43. The van der Waals surface area contributed by atoms with Crippen LogP contribution in [0.2, 0.25) is 0 Å². The SMILES string of the molecule is CNc1nnc(C(=O)N(C)CC2CCCOC2)s1. The van der Waals surface area contributed by atoms with E-state index < -0.39 is 0 Å². The smallest absolute Gasteiger partial charge is 0.284 e. The fraction of sp³-hybridized carbons (Fsp3) is 0.727. The molecule has 1 aliphatic rings. The second-order valence-corrected chi connectivity index (χ2v) is 5.41. The highest BCUT2D eigenvalue weighted by molar-refractivity contribution is 7.17. The maximum Gasteiger partial charge on any atom is 0.284 e. The molecule has 1 aromatic rings. The molecule has 1 N–H and O–H groups in total. The molecule has 2 heterocycles. The minimum Gasteiger partial charge on any atom is -0.381 e. The van der Waals surface area contributed by atoms with Crippen molar-refractivity contribution in [2.45, 2.75) is 12.8 Å². The van der Waals surface area contributed by atoms with E-state index in [2.05, 4.69) is 15.5 Å². The van der Waals surface area contributed by atoms with Crippen LogP contribution in [-0.2, 0) is 4.74 Å². The van der Waals surface area contributed by atoms with Gasteiger partial charge in [0.25, 0.3) is 5.91 Å². The van der Waals surface area contributed by atoms with Gasteiger partial charge in [0.1, 0.15) is 0 Å². The number of amides is 1. The Kier molecular flexibility index (Phi) is 4.48. The Morgan fingerprint density at radius 2 is 2.44 bits per heavy atom. The summed E-state index contributed by atoms with van der Waals surface area (Å²) in [4.78, 5) is 13.8. The second kappa shape index (κ2) is 6.10. The van der Waals surface area contributed by atoms with Crippen molar-refractivity contribution in [1.29, 1.82) is 0 Å². The molecule has 1 amide bonds. The maximum absolute atomic E-state index is 12.1. The lowest BCUT2D eigenvalue weighted by atomic mass is 10.0. The Bertz CT molecular complexity index is 404. The van der Waals surface area contributed by atoms with E-state index >= 15 is 0 Å². The topological polar surface area (TPSA) is 67.4 Å². The highest BCUT2D eigenvalue weighted by Gasteiger charge is 2.21. The average Bonchev–Trinajstić information content (AvgIpc) is 2.87. The van der Waals surface area contributed by atoms with Crippen molar-refractivity contribution < 1.29 is 9.53 Å². The molecule has 0 spiro atoms. The van der Waals surface area contributed by atoms with E-state index in [1.165, 1.54) is 11.3 Å². The van der Waals surface area contributed by atoms with E-state index in [1.807, 2.05) is 0 Å². The molecule has 6 nitrogen and oxygen atoms in total. The Labute approximate surface area is 110 Å². The molecular formula is C11H18N4O2S. The first-order chi connectivity index (χ1) is 8.70. The monoisotopic (exact) mass is 270 g/mol. The first-order valence-corrected chi connectivity index (χ1v) is 6.87. The molecule has 100 valence electrons. The first-order valence-electron chi connectivity index (χ1n) is 6.05. The molecule has 1 fully saturated rings. The third-order valence-corrected chi connectivity index (χ3v) is 3.88. The lowest BCUT2D eigenvalue weighted by Gasteiger charge is -2.26. The van der Waals surface area contributed by atoms with Crippen molar-refractivity contribution in [2.75, 3.05) is 39.2 Å². The van der Waals surface area contributed by atoms with Crippen molar-refractivity contribution in [2.24, 2.45) is 5.92 Å². The molecule has 0 aromatic carbocycles. The molecule has 0 radical (unpaired) electrons. The minimum absolute atomic E-state index is 0.0698. The highest BCUT2D eigenvalue weighted by Crippen LogP contribution is 2.18. The van der Waals surface area contributed by atoms with Crippen LogP contribution < -0.4 is 5.32 Å². The maximum atomic E-state index is 12.1.